The Hall–Kier alpha value is -4.98. The molecule has 20 heteroatoms. The van der Waals surface area contributed by atoms with Gasteiger partial charge in [-0.25, -0.2) is 28.1 Å². The number of amides is 1. The van der Waals surface area contributed by atoms with Crippen LogP contribution in [0.3, 0.4) is 0 Å². The Morgan fingerprint density at radius 3 is 2.00 bits per heavy atom. The second-order valence-corrected chi connectivity index (χ2v) is 11.0. The molecule has 0 bridgehead atoms. The molecule has 8 N–H and O–H groups in total. The summed E-state index contributed by atoms with van der Waals surface area (Å²) in [6.45, 7) is 1.86. The van der Waals surface area contributed by atoms with Gasteiger partial charge in [-0.1, -0.05) is 29.4 Å². The van der Waals surface area contributed by atoms with Crippen LogP contribution in [0.5, 0.6) is 0 Å². The van der Waals surface area contributed by atoms with Gasteiger partial charge in [-0.3, -0.25) is 4.79 Å². The summed E-state index contributed by atoms with van der Waals surface area (Å²) in [5, 5.41) is 34.6. The quantitative estimate of drug-likeness (QED) is 0.152. The molecule has 0 unspecified atom stereocenters. The van der Waals surface area contributed by atoms with Crippen molar-refractivity contribution in [1.82, 2.24) is 4.98 Å². The molecular weight excluding hydrogens is 656 g/mol. The van der Waals surface area contributed by atoms with Gasteiger partial charge < -0.3 is 26.5 Å². The van der Waals surface area contributed by atoms with E-state index in [-0.39, 0.29) is 22.6 Å². The molecule has 0 spiro atoms. The van der Waals surface area contributed by atoms with Crippen LogP contribution < -0.4 is 16.2 Å². The number of pyridine rings is 1. The minimum atomic E-state index is -5.08. The number of nitrogens with two attached hydrogens (primary N) is 2. The van der Waals surface area contributed by atoms with E-state index >= 15 is 0 Å². The second kappa shape index (κ2) is 14.4. The van der Waals surface area contributed by atoms with Crippen LogP contribution in [0.4, 0.5) is 32.2 Å². The summed E-state index contributed by atoms with van der Waals surface area (Å²) < 4.78 is 87.1. The number of hydrogen-bond acceptors (Lipinski definition) is 9. The first-order chi connectivity index (χ1) is 21.1. The number of carbonyl (C=O) groups is 3. The Labute approximate surface area is 256 Å². The van der Waals surface area contributed by atoms with Crippen LogP contribution in [0.15, 0.2) is 75.6 Å². The number of sulfonamides is 1. The minimum Gasteiger partial charge on any atom is -0.475 e. The van der Waals surface area contributed by atoms with Crippen LogP contribution in [0.1, 0.15) is 19.8 Å². The van der Waals surface area contributed by atoms with E-state index in [0.717, 1.165) is 11.1 Å². The molecule has 2 atom stereocenters. The molecule has 1 fully saturated rings. The highest BCUT2D eigenvalue weighted by atomic mass is 32.2. The number of carboxylic acid groups (broad SMARTS) is 2. The normalized spacial score (nSPS) is 18.7. The largest absolute Gasteiger partial charge is 0.490 e. The highest BCUT2D eigenvalue weighted by Gasteiger charge is 2.46. The maximum atomic E-state index is 12.7. The van der Waals surface area contributed by atoms with E-state index in [4.69, 9.17) is 35.9 Å². The van der Waals surface area contributed by atoms with Crippen molar-refractivity contribution in [2.75, 3.05) is 5.32 Å². The number of primary sulfonamides is 1. The predicted octanol–water partition coefficient (Wildman–Crippen LogP) is 3.63. The van der Waals surface area contributed by atoms with Crippen molar-refractivity contribution < 1.29 is 64.6 Å². The lowest BCUT2D eigenvalue weighted by atomic mass is 9.91. The maximum Gasteiger partial charge on any atom is 0.490 e. The number of rotatable bonds is 5. The summed E-state index contributed by atoms with van der Waals surface area (Å²) >= 11 is 0. The fourth-order valence-corrected chi connectivity index (χ4v) is 4.75. The number of anilines is 1. The van der Waals surface area contributed by atoms with Crippen molar-refractivity contribution in [3.8, 4) is 11.1 Å². The number of allylic oxidation sites excluding steroid dienone is 4. The Balaban J connectivity index is 0.000000440. The zero-order chi connectivity index (χ0) is 35.2. The number of oxime groups is 1. The van der Waals surface area contributed by atoms with Crippen molar-refractivity contribution in [3.05, 3.63) is 65.5 Å². The molecule has 46 heavy (non-hydrogen) atoms. The van der Waals surface area contributed by atoms with Crippen molar-refractivity contribution in [1.29, 1.82) is 0 Å². The van der Waals surface area contributed by atoms with Crippen LogP contribution in [0, 0.1) is 11.8 Å². The topological polar surface area (TPSA) is 235 Å². The Morgan fingerprint density at radius 2 is 1.54 bits per heavy atom. The third-order valence-electron chi connectivity index (χ3n) is 6.31. The molecule has 1 saturated carbocycles. The number of nitrogens with zero attached hydrogens (tertiary/aromatic N) is 2. The molecule has 2 aliphatic carbocycles. The van der Waals surface area contributed by atoms with Gasteiger partial charge >= 0.3 is 24.3 Å². The fourth-order valence-electron chi connectivity index (χ4n) is 3.99. The van der Waals surface area contributed by atoms with Gasteiger partial charge in [0.25, 0.3) is 0 Å². The van der Waals surface area contributed by atoms with Crippen molar-refractivity contribution in [2.45, 2.75) is 37.0 Å². The van der Waals surface area contributed by atoms with Crippen LogP contribution in [0.25, 0.3) is 11.1 Å². The second-order valence-electron chi connectivity index (χ2n) is 9.47. The number of carbonyl (C=O) groups excluding carboxylic acids is 1. The van der Waals surface area contributed by atoms with E-state index in [1.807, 2.05) is 13.0 Å². The standard InChI is InChI=1S/C22H23N5O4S.2C2HF3O2/c1-12-14(7-8-18(27-29)21(12)23)16-10-17(16)22(28)26-20-9-6-13(11-25-20)15-4-2-3-5-19(15)32(24,30)31;2*3-2(4,5)1(6)7/h2-7,9,11,16-17,29H,8,10,23H2,1H3,(H2,24,30,31)(H,25,26,28);2*(H,6,7)/t16-,17-;;/m1../s1. The zero-order valence-electron chi connectivity index (χ0n) is 23.3. The molecule has 2 aromatic rings. The Kier molecular flexibility index (Phi) is 11.7. The van der Waals surface area contributed by atoms with Crippen LogP contribution in [0.2, 0.25) is 0 Å². The molecule has 13 nitrogen and oxygen atoms in total. The first-order valence-electron chi connectivity index (χ1n) is 12.5. The lowest BCUT2D eigenvalue weighted by Crippen LogP contribution is -2.21. The zero-order valence-corrected chi connectivity index (χ0v) is 24.1. The van der Waals surface area contributed by atoms with Gasteiger partial charge in [0.05, 0.1) is 10.6 Å². The fraction of sp³-hybridized carbons (Fsp3) is 0.269. The SMILES string of the molecule is CC1=C(N)C(=NO)CC=C1[C@H]1C[C@H]1C(=O)Nc1ccc(-c2ccccc2S(N)(=O)=O)cn1.O=C(O)C(F)(F)F.O=C(O)C(F)(F)F. The lowest BCUT2D eigenvalue weighted by molar-refractivity contribution is -0.193. The van der Waals surface area contributed by atoms with Gasteiger partial charge in [0.2, 0.25) is 15.9 Å². The highest BCUT2D eigenvalue weighted by Crippen LogP contribution is 2.48. The van der Waals surface area contributed by atoms with E-state index in [2.05, 4.69) is 15.5 Å². The van der Waals surface area contributed by atoms with Crippen molar-refractivity contribution >= 4 is 39.4 Å². The average molecular weight is 682 g/mol. The van der Waals surface area contributed by atoms with E-state index < -0.39 is 34.3 Å². The Bertz CT molecular complexity index is 1660. The minimum absolute atomic E-state index is 0.0114. The Morgan fingerprint density at radius 1 is 1.00 bits per heavy atom. The third kappa shape index (κ3) is 10.0. The van der Waals surface area contributed by atoms with Crippen LogP contribution in [-0.2, 0) is 24.4 Å². The van der Waals surface area contributed by atoms with Crippen LogP contribution in [-0.4, -0.2) is 64.7 Å². The number of aliphatic carboxylic acids is 2. The number of carboxylic acids is 2. The molecule has 4 rings (SSSR count). The molecule has 0 radical (unpaired) electrons. The van der Waals surface area contributed by atoms with E-state index in [1.165, 1.54) is 12.3 Å². The number of halogens is 6. The smallest absolute Gasteiger partial charge is 0.475 e. The number of benzene rings is 1. The molecular formula is C26H25F6N5O8S. The third-order valence-corrected chi connectivity index (χ3v) is 7.28. The lowest BCUT2D eigenvalue weighted by Gasteiger charge is -2.17. The van der Waals surface area contributed by atoms with Gasteiger partial charge in [0.15, 0.2) is 0 Å². The number of hydrogen-bond donors (Lipinski definition) is 6. The highest BCUT2D eigenvalue weighted by molar-refractivity contribution is 7.89. The molecule has 1 amide bonds. The molecule has 1 aromatic heterocycles. The monoisotopic (exact) mass is 681 g/mol. The summed E-state index contributed by atoms with van der Waals surface area (Å²) in [7, 11) is -3.88. The van der Waals surface area contributed by atoms with Gasteiger partial charge in [-0.05, 0) is 48.6 Å². The average Bonchev–Trinajstić information content (AvgIpc) is 3.75. The van der Waals surface area contributed by atoms with Crippen molar-refractivity contribution in [2.24, 2.45) is 27.9 Å². The molecule has 2 aliphatic rings. The number of aromatic nitrogens is 1. The van der Waals surface area contributed by atoms with Crippen molar-refractivity contribution in [3.63, 3.8) is 0 Å². The number of nitrogens with one attached hydrogen (secondary N) is 1. The van der Waals surface area contributed by atoms with Gasteiger partial charge in [-0.15, -0.1) is 0 Å². The summed E-state index contributed by atoms with van der Waals surface area (Å²) in [5.41, 5.74) is 9.77. The summed E-state index contributed by atoms with van der Waals surface area (Å²) in [4.78, 5) is 34.8. The maximum absolute atomic E-state index is 12.7. The van der Waals surface area contributed by atoms with E-state index in [9.17, 15) is 39.6 Å². The molecule has 0 saturated heterocycles. The molecule has 250 valence electrons. The van der Waals surface area contributed by atoms with Gasteiger partial charge in [0.1, 0.15) is 11.5 Å². The first-order valence-corrected chi connectivity index (χ1v) is 14.0. The van der Waals surface area contributed by atoms with E-state index in [0.29, 0.717) is 41.2 Å². The summed E-state index contributed by atoms with van der Waals surface area (Å²) in [5.74, 6) is -5.42. The molecule has 1 aromatic carbocycles. The first kappa shape index (κ1) is 37.2. The predicted molar refractivity (Wildman–Crippen MR) is 147 cm³/mol. The van der Waals surface area contributed by atoms with E-state index in [1.54, 1.807) is 30.3 Å². The number of alkyl halides is 6. The molecule has 1 heterocycles. The summed E-state index contributed by atoms with van der Waals surface area (Å²) in [6.07, 6.45) is -5.58. The molecule has 0 aliphatic heterocycles. The van der Waals surface area contributed by atoms with Gasteiger partial charge in [-0.2, -0.15) is 26.3 Å². The van der Waals surface area contributed by atoms with Crippen LogP contribution >= 0.6 is 0 Å². The summed E-state index contributed by atoms with van der Waals surface area (Å²) in [6, 6.07) is 9.70. The van der Waals surface area contributed by atoms with Gasteiger partial charge in [0, 0.05) is 29.7 Å².